The highest BCUT2D eigenvalue weighted by molar-refractivity contribution is 6.93. The van der Waals surface area contributed by atoms with E-state index in [4.69, 9.17) is 4.42 Å². The maximum absolute atomic E-state index is 7.15. The van der Waals surface area contributed by atoms with Crippen LogP contribution in [0.4, 0.5) is 22.7 Å². The maximum atomic E-state index is 7.15. The summed E-state index contributed by atoms with van der Waals surface area (Å²) in [6.45, 7) is 7.24. The van der Waals surface area contributed by atoms with Gasteiger partial charge in [-0.3, -0.25) is 0 Å². The molecule has 4 aliphatic rings. The molecule has 5 heterocycles. The Morgan fingerprint density at radius 3 is 2.29 bits per heavy atom. The van der Waals surface area contributed by atoms with Crippen molar-refractivity contribution in [3.63, 3.8) is 0 Å². The van der Waals surface area contributed by atoms with Crippen LogP contribution in [0, 0.1) is 0 Å². The minimum atomic E-state index is -0.150. The Kier molecular flexibility index (Phi) is 6.79. The lowest BCUT2D eigenvalue weighted by Crippen LogP contribution is -2.60. The van der Waals surface area contributed by atoms with Crippen LogP contribution in [0.25, 0.3) is 49.6 Å². The molecular weight excluding hydrogens is 681 g/mol. The lowest BCUT2D eigenvalue weighted by molar-refractivity contribution is 0.195. The second-order valence-corrected chi connectivity index (χ2v) is 17.3. The standard InChI is InChI=1S/C51H46BN3O/c1-4-5-6-17-33-26-28-34(29-27-33)55-41-23-12-7-18-35(41)38-32-43(54-42-24-13-10-21-39(42)50(2)30-15-16-31-51(50,54)3)45-36-19-8-11-22-40(36)53-47-37-20-9-14-25-44(37)56-49(47)52(55)46(38)48(45)53/h7-14,18-29,32H,4-6,15-17,30-31H2,1-3H3/t50?,51-/m0/s1. The molecule has 4 nitrogen and oxygen atoms in total. The van der Waals surface area contributed by atoms with Gasteiger partial charge in [0.1, 0.15) is 11.2 Å². The molecule has 6 aromatic carbocycles. The Labute approximate surface area is 329 Å². The zero-order valence-corrected chi connectivity index (χ0v) is 32.6. The van der Waals surface area contributed by atoms with Crippen LogP contribution >= 0.6 is 0 Å². The van der Waals surface area contributed by atoms with Crippen molar-refractivity contribution in [2.45, 2.75) is 83.1 Å². The zero-order valence-electron chi connectivity index (χ0n) is 32.6. The molecule has 5 heteroatoms. The first-order valence-electron chi connectivity index (χ1n) is 21.0. The maximum Gasteiger partial charge on any atom is 0.375 e. The fourth-order valence-corrected chi connectivity index (χ4v) is 11.7. The summed E-state index contributed by atoms with van der Waals surface area (Å²) in [4.78, 5) is 5.39. The molecule has 0 spiro atoms. The van der Waals surface area contributed by atoms with Gasteiger partial charge in [-0.05, 0) is 103 Å². The average molecular weight is 728 g/mol. The van der Waals surface area contributed by atoms with E-state index in [9.17, 15) is 0 Å². The number of hydrogen-bond donors (Lipinski definition) is 0. The van der Waals surface area contributed by atoms with E-state index in [0.29, 0.717) is 0 Å². The number of furan rings is 1. The minimum absolute atomic E-state index is 0.0490. The fraction of sp³-hybridized carbons (Fsp3) is 0.255. The van der Waals surface area contributed by atoms with Crippen molar-refractivity contribution >= 4 is 73.5 Å². The van der Waals surface area contributed by atoms with Crippen LogP contribution in [-0.2, 0) is 11.8 Å². The van der Waals surface area contributed by atoms with Crippen molar-refractivity contribution in [3.8, 4) is 16.8 Å². The average Bonchev–Trinajstić information content (AvgIpc) is 3.85. The molecule has 3 aliphatic heterocycles. The molecule has 1 fully saturated rings. The first kappa shape index (κ1) is 32.6. The molecule has 0 saturated heterocycles. The van der Waals surface area contributed by atoms with E-state index in [-0.39, 0.29) is 17.8 Å². The van der Waals surface area contributed by atoms with Gasteiger partial charge in [-0.15, -0.1) is 0 Å². The van der Waals surface area contributed by atoms with E-state index in [1.54, 1.807) is 0 Å². The summed E-state index contributed by atoms with van der Waals surface area (Å²) in [6.07, 6.45) is 9.72. The number of aryl methyl sites for hydroxylation is 1. The second-order valence-electron chi connectivity index (χ2n) is 17.3. The molecule has 0 radical (unpaired) electrons. The molecule has 1 saturated carbocycles. The van der Waals surface area contributed by atoms with Crippen LogP contribution in [0.3, 0.4) is 0 Å². The third-order valence-corrected chi connectivity index (χ3v) is 14.5. The summed E-state index contributed by atoms with van der Waals surface area (Å²) in [6, 6.07) is 48.2. The van der Waals surface area contributed by atoms with E-state index in [2.05, 4.69) is 162 Å². The lowest BCUT2D eigenvalue weighted by atomic mass is 9.46. The van der Waals surface area contributed by atoms with Gasteiger partial charge in [-0.25, -0.2) is 0 Å². The number of unbranched alkanes of at least 4 members (excludes halogenated alkanes) is 2. The Hall–Kier alpha value is -5.68. The predicted molar refractivity (Wildman–Crippen MR) is 236 cm³/mol. The van der Waals surface area contributed by atoms with Gasteiger partial charge in [-0.1, -0.05) is 118 Å². The smallest absolute Gasteiger partial charge is 0.375 e. The molecule has 1 aliphatic carbocycles. The molecule has 0 N–H and O–H groups in total. The summed E-state index contributed by atoms with van der Waals surface area (Å²) < 4.78 is 9.73. The monoisotopic (exact) mass is 727 g/mol. The number of benzene rings is 6. The highest BCUT2D eigenvalue weighted by atomic mass is 16.3. The van der Waals surface area contributed by atoms with Crippen LogP contribution in [-0.4, -0.2) is 17.0 Å². The fourth-order valence-electron chi connectivity index (χ4n) is 11.7. The van der Waals surface area contributed by atoms with E-state index in [1.807, 2.05) is 0 Å². The molecular formula is C51H46BN3O. The minimum Gasteiger partial charge on any atom is -0.466 e. The van der Waals surface area contributed by atoms with Gasteiger partial charge in [0, 0.05) is 44.2 Å². The van der Waals surface area contributed by atoms with Gasteiger partial charge in [0.15, 0.2) is 0 Å². The van der Waals surface area contributed by atoms with Gasteiger partial charge in [0.2, 0.25) is 0 Å². The number of aromatic nitrogens is 1. The van der Waals surface area contributed by atoms with Gasteiger partial charge in [0.05, 0.1) is 27.9 Å². The number of nitrogens with zero attached hydrogens (tertiary/aromatic N) is 3. The van der Waals surface area contributed by atoms with Gasteiger partial charge in [-0.2, -0.15) is 0 Å². The van der Waals surface area contributed by atoms with Gasteiger partial charge < -0.3 is 18.7 Å². The Bertz CT molecular complexity index is 2900. The summed E-state index contributed by atoms with van der Waals surface area (Å²) in [5.74, 6) is 0. The zero-order chi connectivity index (χ0) is 37.3. The molecule has 274 valence electrons. The first-order valence-corrected chi connectivity index (χ1v) is 21.0. The normalized spacial score (nSPS) is 20.4. The Morgan fingerprint density at radius 2 is 1.43 bits per heavy atom. The van der Waals surface area contributed by atoms with E-state index in [0.717, 1.165) is 29.5 Å². The largest absolute Gasteiger partial charge is 0.466 e. The summed E-state index contributed by atoms with van der Waals surface area (Å²) in [5, 5.41) is 3.80. The number of fused-ring (bicyclic) bond motifs is 13. The molecule has 56 heavy (non-hydrogen) atoms. The van der Waals surface area contributed by atoms with Crippen LogP contribution in [0.5, 0.6) is 0 Å². The SMILES string of the molecule is CCCCCc1ccc(N2B3c4oc5ccccc5c4-n4c5ccccc5c5c(N6c7ccccc7C7(C)CCCC[C@]67C)cc(c3c54)-c3ccccc32)cc1. The van der Waals surface area contributed by atoms with Crippen LogP contribution in [0.15, 0.2) is 132 Å². The molecule has 1 unspecified atom stereocenters. The van der Waals surface area contributed by atoms with Crippen LogP contribution in [0.1, 0.15) is 76.8 Å². The van der Waals surface area contributed by atoms with Crippen molar-refractivity contribution < 1.29 is 4.42 Å². The topological polar surface area (TPSA) is 24.6 Å². The van der Waals surface area contributed by atoms with Crippen LogP contribution < -0.4 is 20.8 Å². The van der Waals surface area contributed by atoms with Crippen LogP contribution in [0.2, 0.25) is 0 Å². The molecule has 12 rings (SSSR count). The quantitative estimate of drug-likeness (QED) is 0.126. The van der Waals surface area contributed by atoms with Crippen molar-refractivity contribution in [1.29, 1.82) is 0 Å². The van der Waals surface area contributed by atoms with E-state index in [1.165, 1.54) is 116 Å². The lowest BCUT2D eigenvalue weighted by Gasteiger charge is -2.50. The van der Waals surface area contributed by atoms with Gasteiger partial charge in [0.25, 0.3) is 0 Å². The Morgan fingerprint density at radius 1 is 0.696 bits per heavy atom. The molecule has 0 bridgehead atoms. The Balaban J connectivity index is 1.22. The van der Waals surface area contributed by atoms with Crippen molar-refractivity contribution in [2.75, 3.05) is 9.71 Å². The van der Waals surface area contributed by atoms with Crippen molar-refractivity contribution in [2.24, 2.45) is 0 Å². The second kappa shape index (κ2) is 11.7. The predicted octanol–water partition coefficient (Wildman–Crippen LogP) is 12.2. The highest BCUT2D eigenvalue weighted by Crippen LogP contribution is 2.62. The summed E-state index contributed by atoms with van der Waals surface area (Å²) in [7, 11) is 0. The molecule has 0 amide bonds. The molecule has 2 aromatic heterocycles. The van der Waals surface area contributed by atoms with Crippen molar-refractivity contribution in [1.82, 2.24) is 4.57 Å². The molecule has 8 aromatic rings. The third kappa shape index (κ3) is 4.06. The van der Waals surface area contributed by atoms with Crippen molar-refractivity contribution in [3.05, 3.63) is 139 Å². The number of anilines is 4. The summed E-state index contributed by atoms with van der Waals surface area (Å²) >= 11 is 0. The van der Waals surface area contributed by atoms with Gasteiger partial charge >= 0.3 is 6.85 Å². The number of hydrogen-bond acceptors (Lipinski definition) is 3. The van der Waals surface area contributed by atoms with E-state index < -0.39 is 0 Å². The third-order valence-electron chi connectivity index (χ3n) is 14.5. The highest BCUT2D eigenvalue weighted by Gasteiger charge is 2.58. The summed E-state index contributed by atoms with van der Waals surface area (Å²) in [5.41, 5.74) is 17.5. The first-order chi connectivity index (χ1) is 27.5. The van der Waals surface area contributed by atoms with E-state index >= 15 is 0 Å². The number of para-hydroxylation sites is 4. The number of rotatable bonds is 6. The molecule has 2 atom stereocenters.